The highest BCUT2D eigenvalue weighted by atomic mass is 16.2. The van der Waals surface area contributed by atoms with Gasteiger partial charge < -0.3 is 5.32 Å². The molecule has 0 aliphatic carbocycles. The van der Waals surface area contributed by atoms with E-state index < -0.39 is 11.3 Å². The Morgan fingerprint density at radius 2 is 1.83 bits per heavy atom. The molecule has 3 rings (SSSR count). The van der Waals surface area contributed by atoms with Gasteiger partial charge >= 0.3 is 0 Å². The van der Waals surface area contributed by atoms with Crippen LogP contribution >= 0.6 is 0 Å². The van der Waals surface area contributed by atoms with Crippen LogP contribution in [0.3, 0.4) is 0 Å². The van der Waals surface area contributed by atoms with Crippen molar-refractivity contribution < 1.29 is 4.79 Å². The van der Waals surface area contributed by atoms with Crippen molar-refractivity contribution in [2.45, 2.75) is 13.8 Å². The number of aryl methyl sites for hydroxylation is 2. The number of hydrogen-bond donors (Lipinski definition) is 1. The molecule has 1 amide bonds. The average Bonchev–Trinajstić information content (AvgIpc) is 2.55. The Morgan fingerprint density at radius 1 is 1.08 bits per heavy atom. The Bertz CT molecular complexity index is 951. The predicted molar refractivity (Wildman–Crippen MR) is 89.3 cm³/mol. The van der Waals surface area contributed by atoms with E-state index in [1.165, 1.54) is 12.4 Å². The summed E-state index contributed by atoms with van der Waals surface area (Å²) in [5, 5.41) is 6.78. The summed E-state index contributed by atoms with van der Waals surface area (Å²) in [6, 6.07) is 12.3. The Balaban J connectivity index is 1.99. The molecular formula is C17H15N5O2. The number of carbonyl (C=O) groups is 1. The first-order valence-corrected chi connectivity index (χ1v) is 7.31. The summed E-state index contributed by atoms with van der Waals surface area (Å²) < 4.78 is 1.56. The van der Waals surface area contributed by atoms with Crippen LogP contribution in [0.5, 0.6) is 0 Å². The molecule has 1 aromatic carbocycles. The van der Waals surface area contributed by atoms with Crippen LogP contribution in [0.1, 0.15) is 21.9 Å². The van der Waals surface area contributed by atoms with Gasteiger partial charge in [-0.05, 0) is 26.0 Å². The van der Waals surface area contributed by atoms with Crippen molar-refractivity contribution in [1.29, 1.82) is 0 Å². The molecule has 7 heteroatoms. The molecule has 0 bridgehead atoms. The summed E-state index contributed by atoms with van der Waals surface area (Å²) >= 11 is 0. The van der Waals surface area contributed by atoms with Gasteiger partial charge in [0.25, 0.3) is 5.91 Å². The molecule has 0 fully saturated rings. The van der Waals surface area contributed by atoms with E-state index in [2.05, 4.69) is 20.4 Å². The highest BCUT2D eigenvalue weighted by Crippen LogP contribution is 2.09. The van der Waals surface area contributed by atoms with Gasteiger partial charge in [0, 0.05) is 23.5 Å². The molecule has 0 saturated carbocycles. The van der Waals surface area contributed by atoms with Gasteiger partial charge in [-0.25, -0.2) is 14.6 Å². The molecule has 0 aliphatic rings. The third-order valence-corrected chi connectivity index (χ3v) is 3.37. The lowest BCUT2D eigenvalue weighted by Crippen LogP contribution is -2.27. The van der Waals surface area contributed by atoms with Gasteiger partial charge in [0.15, 0.2) is 5.69 Å². The number of rotatable bonds is 3. The van der Waals surface area contributed by atoms with E-state index in [4.69, 9.17) is 0 Å². The van der Waals surface area contributed by atoms with E-state index in [0.717, 1.165) is 5.69 Å². The van der Waals surface area contributed by atoms with Crippen molar-refractivity contribution in [3.8, 4) is 5.69 Å². The number of para-hydroxylation sites is 1. The quantitative estimate of drug-likeness (QED) is 0.795. The van der Waals surface area contributed by atoms with Gasteiger partial charge in [-0.2, -0.15) is 5.10 Å². The first-order valence-electron chi connectivity index (χ1n) is 7.31. The van der Waals surface area contributed by atoms with Gasteiger partial charge in [0.05, 0.1) is 5.69 Å². The van der Waals surface area contributed by atoms with E-state index >= 15 is 0 Å². The fraction of sp³-hybridized carbons (Fsp3) is 0.118. The maximum absolute atomic E-state index is 12.4. The number of nitrogens with one attached hydrogen (secondary N) is 1. The Kier molecular flexibility index (Phi) is 4.15. The second-order valence-electron chi connectivity index (χ2n) is 5.24. The maximum atomic E-state index is 12.4. The van der Waals surface area contributed by atoms with Crippen LogP contribution < -0.4 is 10.7 Å². The number of amides is 1. The SMILES string of the molecule is Cc1cc(NC(=O)c2nn(-c3ccccc3)c(C)cc2=O)ncn1. The van der Waals surface area contributed by atoms with Crippen molar-refractivity contribution in [2.24, 2.45) is 0 Å². The Hall–Kier alpha value is -3.35. The van der Waals surface area contributed by atoms with Crippen LogP contribution in [-0.4, -0.2) is 25.7 Å². The van der Waals surface area contributed by atoms with Crippen molar-refractivity contribution in [3.05, 3.63) is 76.1 Å². The minimum Gasteiger partial charge on any atom is -0.305 e. The summed E-state index contributed by atoms with van der Waals surface area (Å²) in [5.41, 5.74) is 1.48. The monoisotopic (exact) mass is 321 g/mol. The zero-order chi connectivity index (χ0) is 17.1. The molecule has 24 heavy (non-hydrogen) atoms. The molecule has 120 valence electrons. The van der Waals surface area contributed by atoms with Crippen LogP contribution in [-0.2, 0) is 0 Å². The summed E-state index contributed by atoms with van der Waals surface area (Å²) in [4.78, 5) is 32.5. The number of nitrogens with zero attached hydrogens (tertiary/aromatic N) is 4. The lowest BCUT2D eigenvalue weighted by molar-refractivity contribution is 0.101. The number of benzene rings is 1. The maximum Gasteiger partial charge on any atom is 0.281 e. The van der Waals surface area contributed by atoms with Crippen LogP contribution in [0.25, 0.3) is 5.69 Å². The smallest absolute Gasteiger partial charge is 0.281 e. The highest BCUT2D eigenvalue weighted by molar-refractivity contribution is 6.02. The lowest BCUT2D eigenvalue weighted by atomic mass is 10.2. The van der Waals surface area contributed by atoms with Crippen molar-refractivity contribution in [3.63, 3.8) is 0 Å². The summed E-state index contributed by atoms with van der Waals surface area (Å²) in [5.74, 6) is -0.289. The van der Waals surface area contributed by atoms with E-state index in [-0.39, 0.29) is 5.69 Å². The molecule has 0 unspecified atom stereocenters. The molecule has 0 saturated heterocycles. The van der Waals surface area contributed by atoms with Crippen LogP contribution in [0.15, 0.2) is 53.6 Å². The summed E-state index contributed by atoms with van der Waals surface area (Å²) in [7, 11) is 0. The average molecular weight is 321 g/mol. The van der Waals surface area contributed by atoms with Crippen molar-refractivity contribution >= 4 is 11.7 Å². The minimum absolute atomic E-state index is 0.194. The van der Waals surface area contributed by atoms with Gasteiger partial charge in [-0.3, -0.25) is 9.59 Å². The van der Waals surface area contributed by atoms with Gasteiger partial charge in [-0.1, -0.05) is 18.2 Å². The molecule has 2 heterocycles. The van der Waals surface area contributed by atoms with Gasteiger partial charge in [-0.15, -0.1) is 0 Å². The van der Waals surface area contributed by atoms with E-state index in [9.17, 15) is 9.59 Å². The topological polar surface area (TPSA) is 89.8 Å². The third-order valence-electron chi connectivity index (χ3n) is 3.37. The third kappa shape index (κ3) is 3.19. The Labute approximate surface area is 138 Å². The number of carbonyl (C=O) groups excluding carboxylic acids is 1. The molecule has 0 spiro atoms. The lowest BCUT2D eigenvalue weighted by Gasteiger charge is -2.11. The Morgan fingerprint density at radius 3 is 2.54 bits per heavy atom. The van der Waals surface area contributed by atoms with Crippen molar-refractivity contribution in [1.82, 2.24) is 19.7 Å². The second-order valence-corrected chi connectivity index (χ2v) is 5.24. The molecule has 0 radical (unpaired) electrons. The summed E-state index contributed by atoms with van der Waals surface area (Å²) in [6.07, 6.45) is 1.34. The first-order chi connectivity index (χ1) is 11.5. The van der Waals surface area contributed by atoms with Crippen molar-refractivity contribution in [2.75, 3.05) is 5.32 Å². The highest BCUT2D eigenvalue weighted by Gasteiger charge is 2.16. The van der Waals surface area contributed by atoms with E-state index in [1.54, 1.807) is 24.6 Å². The standard InChI is InChI=1S/C17H15N5O2/c1-11-8-15(19-10-18-11)20-17(24)16-14(23)9-12(2)22(21-16)13-6-4-3-5-7-13/h3-10H,1-2H3,(H,18,19,20,24). The largest absolute Gasteiger partial charge is 0.305 e. The summed E-state index contributed by atoms with van der Waals surface area (Å²) in [6.45, 7) is 3.54. The van der Waals surface area contributed by atoms with E-state index in [1.807, 2.05) is 30.3 Å². The minimum atomic E-state index is -0.609. The molecular weight excluding hydrogens is 306 g/mol. The fourth-order valence-electron chi connectivity index (χ4n) is 2.23. The van der Waals surface area contributed by atoms with E-state index in [0.29, 0.717) is 17.2 Å². The van der Waals surface area contributed by atoms with Crippen LogP contribution in [0.2, 0.25) is 0 Å². The molecule has 7 nitrogen and oxygen atoms in total. The molecule has 2 aromatic heterocycles. The first kappa shape index (κ1) is 15.5. The normalized spacial score (nSPS) is 10.4. The zero-order valence-electron chi connectivity index (χ0n) is 13.2. The second kappa shape index (κ2) is 6.41. The number of hydrogen-bond acceptors (Lipinski definition) is 5. The van der Waals surface area contributed by atoms with Gasteiger partial charge in [0.2, 0.25) is 5.43 Å². The molecule has 0 aliphatic heterocycles. The number of aromatic nitrogens is 4. The fourth-order valence-corrected chi connectivity index (χ4v) is 2.23. The predicted octanol–water partition coefficient (Wildman–Crippen LogP) is 1.89. The zero-order valence-corrected chi connectivity index (χ0v) is 13.2. The van der Waals surface area contributed by atoms with Gasteiger partial charge in [0.1, 0.15) is 12.1 Å². The molecule has 0 atom stereocenters. The number of anilines is 1. The van der Waals surface area contributed by atoms with Crippen LogP contribution in [0, 0.1) is 13.8 Å². The van der Waals surface area contributed by atoms with Crippen LogP contribution in [0.4, 0.5) is 5.82 Å². The molecule has 1 N–H and O–H groups in total. The molecule has 3 aromatic rings.